The number of hydrogen-bond acceptors (Lipinski definition) is 1. The molecule has 1 aromatic heterocycles. The van der Waals surface area contributed by atoms with Crippen molar-refractivity contribution in [1.29, 1.82) is 0 Å². The standard InChI is InChI=1S/C18H14BClF2N2/c1-11(16-8-9-17(20)24(16)19(21)22)15-10-13-7-6-12-4-2-3-5-14(12)18(13)23-15/h2-5,8-10H,6-7H2,1H3/b15-11-. The Balaban J connectivity index is 1.84. The van der Waals surface area contributed by atoms with Crippen LogP contribution in [0.3, 0.4) is 0 Å². The molecule has 0 radical (unpaired) electrons. The molecule has 24 heavy (non-hydrogen) atoms. The van der Waals surface area contributed by atoms with Gasteiger partial charge in [0.1, 0.15) is 5.15 Å². The average molecular weight is 343 g/mol. The van der Waals surface area contributed by atoms with E-state index in [0.29, 0.717) is 11.3 Å². The minimum Gasteiger partial charge on any atom is -0.316 e. The molecule has 0 amide bonds. The van der Waals surface area contributed by atoms with E-state index in [-0.39, 0.29) is 5.15 Å². The van der Waals surface area contributed by atoms with Crippen LogP contribution in [0.2, 0.25) is 5.15 Å². The Kier molecular flexibility index (Phi) is 3.68. The van der Waals surface area contributed by atoms with Crippen molar-refractivity contribution in [2.24, 2.45) is 4.99 Å². The minimum absolute atomic E-state index is 0.0287. The zero-order valence-corrected chi connectivity index (χ0v) is 13.8. The molecule has 0 saturated heterocycles. The Hall–Kier alpha value is -2.14. The first kappa shape index (κ1) is 15.4. The van der Waals surface area contributed by atoms with Gasteiger partial charge in [0, 0.05) is 11.3 Å². The first-order valence-electron chi connectivity index (χ1n) is 7.80. The molecular formula is C18H14BClF2N2. The normalized spacial score (nSPS) is 17.8. The van der Waals surface area contributed by atoms with E-state index < -0.39 is 7.40 Å². The monoisotopic (exact) mass is 342 g/mol. The van der Waals surface area contributed by atoms with Gasteiger partial charge in [-0.15, -0.1) is 0 Å². The van der Waals surface area contributed by atoms with Gasteiger partial charge in [-0.3, -0.25) is 8.63 Å². The van der Waals surface area contributed by atoms with Gasteiger partial charge >= 0.3 is 7.40 Å². The lowest BCUT2D eigenvalue weighted by atomic mass is 9.87. The number of fused-ring (bicyclic) bond motifs is 3. The molecule has 120 valence electrons. The average Bonchev–Trinajstić information content (AvgIpc) is 3.17. The first-order valence-corrected chi connectivity index (χ1v) is 8.18. The molecule has 1 aliphatic carbocycles. The quantitative estimate of drug-likeness (QED) is 0.682. The number of nitrogens with zero attached hydrogens (tertiary/aromatic N) is 2. The Labute approximate surface area is 144 Å². The predicted molar refractivity (Wildman–Crippen MR) is 94.8 cm³/mol. The van der Waals surface area contributed by atoms with Gasteiger partial charge in [-0.25, -0.2) is 4.99 Å². The summed E-state index contributed by atoms with van der Waals surface area (Å²) < 4.78 is 27.4. The van der Waals surface area contributed by atoms with Crippen LogP contribution in [0.4, 0.5) is 8.63 Å². The molecule has 2 heterocycles. The van der Waals surface area contributed by atoms with Crippen molar-refractivity contribution in [2.75, 3.05) is 0 Å². The molecule has 2 aromatic rings. The van der Waals surface area contributed by atoms with Crippen LogP contribution in [0.15, 0.2) is 58.7 Å². The third-order valence-electron chi connectivity index (χ3n) is 4.62. The van der Waals surface area contributed by atoms with Crippen molar-refractivity contribution in [2.45, 2.75) is 19.8 Å². The van der Waals surface area contributed by atoms with E-state index >= 15 is 0 Å². The van der Waals surface area contributed by atoms with Gasteiger partial charge in [-0.2, -0.15) is 0 Å². The van der Waals surface area contributed by atoms with E-state index in [1.807, 2.05) is 25.1 Å². The molecule has 0 N–H and O–H groups in total. The maximum Gasteiger partial charge on any atom is 0.678 e. The van der Waals surface area contributed by atoms with Crippen LogP contribution in [0.1, 0.15) is 30.2 Å². The fraction of sp³-hybridized carbons (Fsp3) is 0.167. The molecule has 0 unspecified atom stereocenters. The summed E-state index contributed by atoms with van der Waals surface area (Å²) in [5.74, 6) is 0. The highest BCUT2D eigenvalue weighted by Crippen LogP contribution is 2.35. The maximum atomic E-state index is 13.3. The fourth-order valence-corrected chi connectivity index (χ4v) is 3.60. The Morgan fingerprint density at radius 1 is 1.17 bits per heavy atom. The zero-order chi connectivity index (χ0) is 16.8. The van der Waals surface area contributed by atoms with Gasteiger partial charge in [0.2, 0.25) is 0 Å². The van der Waals surface area contributed by atoms with Crippen LogP contribution in [0, 0.1) is 0 Å². The summed E-state index contributed by atoms with van der Waals surface area (Å²) in [5, 5.41) is 0.0287. The van der Waals surface area contributed by atoms with Crippen molar-refractivity contribution in [1.82, 2.24) is 4.48 Å². The van der Waals surface area contributed by atoms with Crippen molar-refractivity contribution in [3.05, 3.63) is 75.7 Å². The molecule has 0 saturated carbocycles. The molecule has 0 fully saturated rings. The number of halogens is 3. The van der Waals surface area contributed by atoms with Crippen molar-refractivity contribution in [3.63, 3.8) is 0 Å². The van der Waals surface area contributed by atoms with Crippen LogP contribution in [-0.2, 0) is 6.42 Å². The van der Waals surface area contributed by atoms with Gasteiger partial charge < -0.3 is 4.48 Å². The third kappa shape index (κ3) is 2.35. The second-order valence-corrected chi connectivity index (χ2v) is 6.37. The SMILES string of the molecule is C/C(=C1\C=C2CCc3ccccc3C2=N1)c1ccc(Cl)n1B(F)F. The highest BCUT2D eigenvalue weighted by atomic mass is 35.5. The fourth-order valence-electron chi connectivity index (χ4n) is 3.37. The highest BCUT2D eigenvalue weighted by molar-refractivity contribution is 6.45. The van der Waals surface area contributed by atoms with Crippen LogP contribution < -0.4 is 0 Å². The zero-order valence-electron chi connectivity index (χ0n) is 13.1. The molecule has 4 rings (SSSR count). The van der Waals surface area contributed by atoms with Gasteiger partial charge in [0.05, 0.1) is 11.4 Å². The molecule has 2 nitrogen and oxygen atoms in total. The van der Waals surface area contributed by atoms with Gasteiger partial charge in [-0.1, -0.05) is 35.9 Å². The second kappa shape index (κ2) is 5.74. The summed E-state index contributed by atoms with van der Waals surface area (Å²) in [5.41, 5.74) is 6.39. The number of aliphatic imine (C=N–C) groups is 1. The topological polar surface area (TPSA) is 17.3 Å². The summed E-state index contributed by atoms with van der Waals surface area (Å²) in [4.78, 5) is 4.74. The van der Waals surface area contributed by atoms with E-state index in [1.54, 1.807) is 6.07 Å². The van der Waals surface area contributed by atoms with Crippen molar-refractivity contribution >= 4 is 30.3 Å². The van der Waals surface area contributed by atoms with Crippen LogP contribution >= 0.6 is 11.6 Å². The summed E-state index contributed by atoms with van der Waals surface area (Å²) in [6.07, 6.45) is 3.91. The third-order valence-corrected chi connectivity index (χ3v) is 4.92. The van der Waals surface area contributed by atoms with E-state index in [0.717, 1.165) is 34.3 Å². The minimum atomic E-state index is -2.68. The Morgan fingerprint density at radius 2 is 1.96 bits per heavy atom. The Bertz CT molecular complexity index is 925. The molecule has 1 aliphatic heterocycles. The molecular weight excluding hydrogens is 328 g/mol. The lowest BCUT2D eigenvalue weighted by Crippen LogP contribution is -2.15. The van der Waals surface area contributed by atoms with E-state index in [9.17, 15) is 8.63 Å². The summed E-state index contributed by atoms with van der Waals surface area (Å²) >= 11 is 5.89. The number of aryl methyl sites for hydroxylation is 1. The van der Waals surface area contributed by atoms with Gasteiger partial charge in [0.15, 0.2) is 0 Å². The summed E-state index contributed by atoms with van der Waals surface area (Å²) in [7, 11) is -2.68. The molecule has 0 bridgehead atoms. The molecule has 0 spiro atoms. The van der Waals surface area contributed by atoms with Crippen molar-refractivity contribution < 1.29 is 8.63 Å². The number of rotatable bonds is 2. The van der Waals surface area contributed by atoms with Gasteiger partial charge in [0.25, 0.3) is 0 Å². The Morgan fingerprint density at radius 3 is 2.75 bits per heavy atom. The smallest absolute Gasteiger partial charge is 0.316 e. The lowest BCUT2D eigenvalue weighted by molar-refractivity contribution is 0.628. The molecule has 2 aliphatic rings. The maximum absolute atomic E-state index is 13.3. The molecule has 6 heteroatoms. The lowest BCUT2D eigenvalue weighted by Gasteiger charge is -2.17. The number of benzene rings is 1. The summed E-state index contributed by atoms with van der Waals surface area (Å²) in [6.45, 7) is 1.81. The largest absolute Gasteiger partial charge is 0.678 e. The number of allylic oxidation sites excluding steroid dienone is 3. The van der Waals surface area contributed by atoms with Crippen LogP contribution in [0.25, 0.3) is 5.57 Å². The van der Waals surface area contributed by atoms with E-state index in [4.69, 9.17) is 16.6 Å². The summed E-state index contributed by atoms with van der Waals surface area (Å²) in [6, 6.07) is 11.3. The molecule has 0 atom stereocenters. The van der Waals surface area contributed by atoms with E-state index in [2.05, 4.69) is 12.1 Å². The predicted octanol–water partition coefficient (Wildman–Crippen LogP) is 5.02. The number of hydrogen-bond donors (Lipinski definition) is 0. The molecule has 1 aromatic carbocycles. The highest BCUT2D eigenvalue weighted by Gasteiger charge is 2.27. The van der Waals surface area contributed by atoms with E-state index in [1.165, 1.54) is 17.2 Å². The number of aromatic nitrogens is 1. The first-order chi connectivity index (χ1) is 11.6. The van der Waals surface area contributed by atoms with Gasteiger partial charge in [-0.05, 0) is 54.7 Å². The van der Waals surface area contributed by atoms with Crippen LogP contribution in [-0.4, -0.2) is 17.6 Å². The van der Waals surface area contributed by atoms with Crippen LogP contribution in [0.5, 0.6) is 0 Å². The van der Waals surface area contributed by atoms with Crippen molar-refractivity contribution in [3.8, 4) is 0 Å². The second-order valence-electron chi connectivity index (χ2n) is 5.99.